The minimum absolute atomic E-state index is 0.0133. The van der Waals surface area contributed by atoms with Gasteiger partial charge in [-0.25, -0.2) is 12.8 Å². The number of para-hydroxylation sites is 1. The van der Waals surface area contributed by atoms with Crippen molar-refractivity contribution in [1.82, 2.24) is 10.2 Å². The number of ether oxygens (including phenoxy) is 1. The average molecular weight is 644 g/mol. The summed E-state index contributed by atoms with van der Waals surface area (Å²) in [5, 5.41) is 3.04. The first-order chi connectivity index (χ1) is 22.1. The van der Waals surface area contributed by atoms with Crippen molar-refractivity contribution >= 4 is 27.5 Å². The van der Waals surface area contributed by atoms with Crippen LogP contribution in [0.2, 0.25) is 0 Å². The van der Waals surface area contributed by atoms with Crippen LogP contribution in [0, 0.1) is 12.7 Å². The van der Waals surface area contributed by atoms with Crippen molar-refractivity contribution in [3.8, 4) is 11.5 Å². The number of sulfonamides is 1. The molecule has 0 spiro atoms. The maximum atomic E-state index is 14.2. The van der Waals surface area contributed by atoms with Gasteiger partial charge in [0.25, 0.3) is 10.0 Å². The Kier molecular flexibility index (Phi) is 10.4. The van der Waals surface area contributed by atoms with Crippen LogP contribution in [0.3, 0.4) is 0 Å². The molecular formula is C36H38FN3O5S. The summed E-state index contributed by atoms with van der Waals surface area (Å²) in [6, 6.07) is 26.8. The van der Waals surface area contributed by atoms with Gasteiger partial charge in [0.2, 0.25) is 11.8 Å². The number of aryl methyl sites for hydroxylation is 1. The fourth-order valence-electron chi connectivity index (χ4n) is 5.43. The first kappa shape index (κ1) is 32.7. The van der Waals surface area contributed by atoms with E-state index in [0.29, 0.717) is 17.1 Å². The van der Waals surface area contributed by atoms with E-state index >= 15 is 0 Å². The smallest absolute Gasteiger partial charge is 0.264 e. The minimum atomic E-state index is -4.22. The second kappa shape index (κ2) is 14.6. The summed E-state index contributed by atoms with van der Waals surface area (Å²) in [7, 11) is -4.22. The van der Waals surface area contributed by atoms with Crippen molar-refractivity contribution in [3.63, 3.8) is 0 Å². The molecule has 1 atom stereocenters. The maximum Gasteiger partial charge on any atom is 0.264 e. The standard InChI is InChI=1S/C36H38FN3O5S/c1-26-12-22-34(23-13-26)46(43,44)40(31-18-20-33(21-19-31)45-32-10-4-3-5-11-32)25-35(41)39(24-28-14-16-29(37)17-15-28)27(2)36(42)38-30-8-6-7-9-30/h3-5,10-23,27,30H,6-9,24-25H2,1-2H3,(H,38,42)/t27-/m0/s1. The summed E-state index contributed by atoms with van der Waals surface area (Å²) < 4.78 is 48.9. The fraction of sp³-hybridized carbons (Fsp3) is 0.278. The summed E-state index contributed by atoms with van der Waals surface area (Å²) in [4.78, 5) is 28.9. The van der Waals surface area contributed by atoms with Gasteiger partial charge in [-0.05, 0) is 92.9 Å². The number of nitrogens with one attached hydrogen (secondary N) is 1. The van der Waals surface area contributed by atoms with Gasteiger partial charge >= 0.3 is 0 Å². The molecule has 0 unspecified atom stereocenters. The lowest BCUT2D eigenvalue weighted by molar-refractivity contribution is -0.139. The van der Waals surface area contributed by atoms with Gasteiger partial charge in [-0.1, -0.05) is 60.9 Å². The van der Waals surface area contributed by atoms with E-state index in [1.54, 1.807) is 67.6 Å². The van der Waals surface area contributed by atoms with E-state index in [0.717, 1.165) is 35.6 Å². The molecule has 2 amide bonds. The molecule has 240 valence electrons. The number of anilines is 1. The normalized spacial score (nSPS) is 14.0. The summed E-state index contributed by atoms with van der Waals surface area (Å²) >= 11 is 0. The first-order valence-corrected chi connectivity index (χ1v) is 16.8. The third-order valence-corrected chi connectivity index (χ3v) is 9.91. The zero-order chi connectivity index (χ0) is 32.7. The third kappa shape index (κ3) is 8.11. The zero-order valence-corrected chi connectivity index (χ0v) is 26.8. The quantitative estimate of drug-likeness (QED) is 0.188. The molecule has 4 aromatic rings. The average Bonchev–Trinajstić information content (AvgIpc) is 3.57. The molecule has 5 rings (SSSR count). The van der Waals surface area contributed by atoms with Crippen LogP contribution in [0.25, 0.3) is 0 Å². The highest BCUT2D eigenvalue weighted by Gasteiger charge is 2.33. The Balaban J connectivity index is 1.46. The molecule has 0 saturated heterocycles. The number of halogens is 1. The van der Waals surface area contributed by atoms with Gasteiger partial charge in [0.1, 0.15) is 29.9 Å². The number of amides is 2. The SMILES string of the molecule is Cc1ccc(S(=O)(=O)N(CC(=O)N(Cc2ccc(F)cc2)[C@@H](C)C(=O)NC2CCCC2)c2ccc(Oc3ccccc3)cc2)cc1. The number of nitrogens with zero attached hydrogens (tertiary/aromatic N) is 2. The predicted octanol–water partition coefficient (Wildman–Crippen LogP) is 6.60. The number of rotatable bonds is 12. The Morgan fingerprint density at radius 3 is 2.11 bits per heavy atom. The number of hydrogen-bond acceptors (Lipinski definition) is 5. The molecule has 1 fully saturated rings. The van der Waals surface area contributed by atoms with Crippen LogP contribution in [-0.2, 0) is 26.2 Å². The van der Waals surface area contributed by atoms with E-state index in [-0.39, 0.29) is 29.1 Å². The van der Waals surface area contributed by atoms with Crippen molar-refractivity contribution in [3.05, 3.63) is 120 Å². The molecule has 46 heavy (non-hydrogen) atoms. The predicted molar refractivity (Wildman–Crippen MR) is 175 cm³/mol. The highest BCUT2D eigenvalue weighted by Crippen LogP contribution is 2.29. The van der Waals surface area contributed by atoms with E-state index in [2.05, 4.69) is 5.32 Å². The maximum absolute atomic E-state index is 14.2. The topological polar surface area (TPSA) is 96.0 Å². The summed E-state index contributed by atoms with van der Waals surface area (Å²) in [6.07, 6.45) is 3.80. The van der Waals surface area contributed by atoms with E-state index in [1.807, 2.05) is 25.1 Å². The van der Waals surface area contributed by atoms with Gasteiger partial charge in [0.05, 0.1) is 10.6 Å². The van der Waals surface area contributed by atoms with Crippen LogP contribution in [0.15, 0.2) is 108 Å². The van der Waals surface area contributed by atoms with Crippen LogP contribution in [0.1, 0.15) is 43.7 Å². The summed E-state index contributed by atoms with van der Waals surface area (Å²) in [6.45, 7) is 2.90. The number of benzene rings is 4. The zero-order valence-electron chi connectivity index (χ0n) is 25.9. The Morgan fingerprint density at radius 1 is 0.870 bits per heavy atom. The first-order valence-electron chi connectivity index (χ1n) is 15.4. The lowest BCUT2D eigenvalue weighted by Crippen LogP contribution is -2.52. The van der Waals surface area contributed by atoms with Gasteiger partial charge < -0.3 is 15.0 Å². The van der Waals surface area contributed by atoms with Crippen LogP contribution >= 0.6 is 0 Å². The van der Waals surface area contributed by atoms with Crippen molar-refractivity contribution in [2.75, 3.05) is 10.8 Å². The van der Waals surface area contributed by atoms with Gasteiger partial charge in [-0.3, -0.25) is 13.9 Å². The van der Waals surface area contributed by atoms with Gasteiger partial charge in [0, 0.05) is 12.6 Å². The molecule has 1 aliphatic carbocycles. The highest BCUT2D eigenvalue weighted by atomic mass is 32.2. The molecule has 0 heterocycles. The Morgan fingerprint density at radius 2 is 1.48 bits per heavy atom. The van der Waals surface area contributed by atoms with Crippen molar-refractivity contribution in [2.45, 2.75) is 63.1 Å². The molecule has 0 radical (unpaired) electrons. The molecule has 4 aromatic carbocycles. The highest BCUT2D eigenvalue weighted by molar-refractivity contribution is 7.92. The Bertz CT molecular complexity index is 1730. The van der Waals surface area contributed by atoms with Crippen molar-refractivity contribution < 1.29 is 27.1 Å². The molecule has 0 bridgehead atoms. The fourth-order valence-corrected chi connectivity index (χ4v) is 6.85. The summed E-state index contributed by atoms with van der Waals surface area (Å²) in [5.41, 5.74) is 1.74. The number of carbonyl (C=O) groups is 2. The summed E-state index contributed by atoms with van der Waals surface area (Å²) in [5.74, 6) is -0.222. The van der Waals surface area contributed by atoms with Crippen LogP contribution < -0.4 is 14.4 Å². The van der Waals surface area contributed by atoms with Gasteiger partial charge in [0.15, 0.2) is 0 Å². The van der Waals surface area contributed by atoms with Crippen molar-refractivity contribution in [2.24, 2.45) is 0 Å². The van der Waals surface area contributed by atoms with E-state index in [4.69, 9.17) is 4.74 Å². The van der Waals surface area contributed by atoms with Crippen LogP contribution in [0.5, 0.6) is 11.5 Å². The lowest BCUT2D eigenvalue weighted by atomic mass is 10.1. The van der Waals surface area contributed by atoms with E-state index in [1.165, 1.54) is 29.2 Å². The Labute approximate surface area is 269 Å². The van der Waals surface area contributed by atoms with Crippen molar-refractivity contribution in [1.29, 1.82) is 0 Å². The number of hydrogen-bond donors (Lipinski definition) is 1. The van der Waals surface area contributed by atoms with Gasteiger partial charge in [-0.15, -0.1) is 0 Å². The largest absolute Gasteiger partial charge is 0.457 e. The molecule has 0 aliphatic heterocycles. The van der Waals surface area contributed by atoms with Crippen LogP contribution in [0.4, 0.5) is 10.1 Å². The second-order valence-electron chi connectivity index (χ2n) is 11.5. The van der Waals surface area contributed by atoms with E-state index in [9.17, 15) is 22.4 Å². The molecular weight excluding hydrogens is 605 g/mol. The third-order valence-electron chi connectivity index (χ3n) is 8.13. The van der Waals surface area contributed by atoms with Gasteiger partial charge in [-0.2, -0.15) is 0 Å². The van der Waals surface area contributed by atoms with E-state index < -0.39 is 34.3 Å². The molecule has 0 aromatic heterocycles. The molecule has 8 nitrogen and oxygen atoms in total. The molecule has 1 N–H and O–H groups in total. The lowest BCUT2D eigenvalue weighted by Gasteiger charge is -2.32. The number of carbonyl (C=O) groups excluding carboxylic acids is 2. The molecule has 1 saturated carbocycles. The molecule has 10 heteroatoms. The molecule has 1 aliphatic rings. The minimum Gasteiger partial charge on any atom is -0.457 e. The van der Waals surface area contributed by atoms with Crippen LogP contribution in [-0.4, -0.2) is 43.8 Å². The monoisotopic (exact) mass is 643 g/mol. The second-order valence-corrected chi connectivity index (χ2v) is 13.4. The Hall–Kier alpha value is -4.70.